The Morgan fingerprint density at radius 1 is 1.47 bits per heavy atom. The first-order valence-corrected chi connectivity index (χ1v) is 6.79. The molecule has 0 aliphatic carbocycles. The molecule has 0 saturated heterocycles. The molecule has 104 valence electrons. The Bertz CT molecular complexity index is 537. The number of nitrogens with zero attached hydrogens (tertiary/aromatic N) is 4. The molecule has 2 aromatic heterocycles. The first kappa shape index (κ1) is 14.0. The van der Waals surface area contributed by atoms with Crippen LogP contribution in [-0.2, 0) is 16.7 Å². The summed E-state index contributed by atoms with van der Waals surface area (Å²) in [5, 5.41) is 8.00. The van der Waals surface area contributed by atoms with E-state index in [1.807, 2.05) is 0 Å². The number of nitrogens with two attached hydrogens (primary N) is 1. The molecule has 0 bridgehead atoms. The van der Waals surface area contributed by atoms with Gasteiger partial charge in [-0.3, -0.25) is 0 Å². The van der Waals surface area contributed by atoms with Crippen LogP contribution in [0.15, 0.2) is 4.52 Å². The molecule has 7 nitrogen and oxygen atoms in total. The van der Waals surface area contributed by atoms with Crippen LogP contribution in [0, 0.1) is 0 Å². The molecule has 1 unspecified atom stereocenters. The van der Waals surface area contributed by atoms with E-state index in [4.69, 9.17) is 15.0 Å². The summed E-state index contributed by atoms with van der Waals surface area (Å²) in [5.74, 6) is 0.835. The summed E-state index contributed by atoms with van der Waals surface area (Å²) >= 11 is 1.25. The van der Waals surface area contributed by atoms with Crippen molar-refractivity contribution in [1.82, 2.24) is 19.7 Å². The normalized spacial score (nSPS) is 14.5. The van der Waals surface area contributed by atoms with E-state index in [1.54, 1.807) is 14.0 Å². The molecule has 0 aliphatic rings. The van der Waals surface area contributed by atoms with Gasteiger partial charge in [0, 0.05) is 7.11 Å². The van der Waals surface area contributed by atoms with Gasteiger partial charge in [-0.1, -0.05) is 23.0 Å². The summed E-state index contributed by atoms with van der Waals surface area (Å²) < 4.78 is 14.2. The number of hydrogen-bond acceptors (Lipinski definition) is 8. The van der Waals surface area contributed by atoms with Crippen LogP contribution in [-0.4, -0.2) is 33.4 Å². The molecule has 2 heterocycles. The Labute approximate surface area is 115 Å². The summed E-state index contributed by atoms with van der Waals surface area (Å²) in [6.07, 6.45) is 1.82. The fourth-order valence-corrected chi connectivity index (χ4v) is 2.31. The molecule has 8 heteroatoms. The van der Waals surface area contributed by atoms with E-state index in [2.05, 4.69) is 26.7 Å². The van der Waals surface area contributed by atoms with Gasteiger partial charge in [-0.05, 0) is 24.9 Å². The van der Waals surface area contributed by atoms with Gasteiger partial charge in [-0.25, -0.2) is 0 Å². The zero-order valence-electron chi connectivity index (χ0n) is 11.2. The summed E-state index contributed by atoms with van der Waals surface area (Å²) in [6.45, 7) is 4.19. The monoisotopic (exact) mass is 283 g/mol. The predicted molar refractivity (Wildman–Crippen MR) is 70.6 cm³/mol. The molecule has 0 radical (unpaired) electrons. The molecule has 0 aromatic carbocycles. The second-order valence-electron chi connectivity index (χ2n) is 4.57. The highest BCUT2D eigenvalue weighted by Crippen LogP contribution is 2.27. The van der Waals surface area contributed by atoms with Crippen LogP contribution >= 0.6 is 11.5 Å². The molecule has 0 amide bonds. The van der Waals surface area contributed by atoms with Crippen molar-refractivity contribution in [1.29, 1.82) is 0 Å². The van der Waals surface area contributed by atoms with E-state index in [9.17, 15) is 0 Å². The van der Waals surface area contributed by atoms with Crippen molar-refractivity contribution >= 4 is 11.5 Å². The lowest BCUT2D eigenvalue weighted by Gasteiger charge is -2.18. The quantitative estimate of drug-likeness (QED) is 0.854. The van der Waals surface area contributed by atoms with Gasteiger partial charge in [0.1, 0.15) is 10.4 Å². The van der Waals surface area contributed by atoms with Crippen LogP contribution < -0.4 is 5.73 Å². The van der Waals surface area contributed by atoms with Crippen molar-refractivity contribution in [2.24, 2.45) is 5.73 Å². The van der Waals surface area contributed by atoms with Gasteiger partial charge in [-0.2, -0.15) is 4.98 Å². The molecule has 0 spiro atoms. The van der Waals surface area contributed by atoms with Crippen LogP contribution in [0.25, 0.3) is 10.8 Å². The number of hydrogen-bond donors (Lipinski definition) is 1. The summed E-state index contributed by atoms with van der Waals surface area (Å²) in [6, 6.07) is 0. The highest BCUT2D eigenvalue weighted by atomic mass is 32.1. The molecule has 2 aromatic rings. The van der Waals surface area contributed by atoms with Gasteiger partial charge in [0.2, 0.25) is 0 Å². The van der Waals surface area contributed by atoms with Gasteiger partial charge in [0.25, 0.3) is 5.89 Å². The van der Waals surface area contributed by atoms with E-state index in [1.165, 1.54) is 11.5 Å². The van der Waals surface area contributed by atoms with Crippen molar-refractivity contribution < 1.29 is 9.26 Å². The van der Waals surface area contributed by atoms with Gasteiger partial charge in [-0.15, -0.1) is 5.10 Å². The van der Waals surface area contributed by atoms with Crippen LogP contribution in [0.2, 0.25) is 0 Å². The van der Waals surface area contributed by atoms with Crippen LogP contribution in [0.5, 0.6) is 0 Å². The van der Waals surface area contributed by atoms with Crippen molar-refractivity contribution in [2.75, 3.05) is 13.7 Å². The van der Waals surface area contributed by atoms with E-state index in [0.717, 1.165) is 23.4 Å². The average molecular weight is 283 g/mol. The Hall–Kier alpha value is -1.38. The maximum atomic E-state index is 6.07. The fraction of sp³-hybridized carbons (Fsp3) is 0.636. The second-order valence-corrected chi connectivity index (χ2v) is 5.33. The van der Waals surface area contributed by atoms with E-state index in [-0.39, 0.29) is 0 Å². The lowest BCUT2D eigenvalue weighted by molar-refractivity contribution is 0.135. The molecular weight excluding hydrogens is 266 g/mol. The van der Waals surface area contributed by atoms with E-state index >= 15 is 0 Å². The lowest BCUT2D eigenvalue weighted by Crippen LogP contribution is -2.38. The number of aromatic nitrogens is 4. The highest BCUT2D eigenvalue weighted by Gasteiger charge is 2.28. The molecule has 0 fully saturated rings. The van der Waals surface area contributed by atoms with Gasteiger partial charge < -0.3 is 15.0 Å². The van der Waals surface area contributed by atoms with Gasteiger partial charge in [0.15, 0.2) is 5.82 Å². The summed E-state index contributed by atoms with van der Waals surface area (Å²) in [4.78, 5) is 5.15. The first-order valence-electron chi connectivity index (χ1n) is 6.02. The third kappa shape index (κ3) is 2.96. The summed E-state index contributed by atoms with van der Waals surface area (Å²) in [5.41, 5.74) is 6.18. The highest BCUT2D eigenvalue weighted by molar-refractivity contribution is 7.09. The first-order chi connectivity index (χ1) is 9.08. The van der Waals surface area contributed by atoms with E-state index in [0.29, 0.717) is 18.3 Å². The third-order valence-electron chi connectivity index (χ3n) is 2.62. The minimum absolute atomic E-state index is 0.314. The smallest absolute Gasteiger partial charge is 0.271 e. The zero-order chi connectivity index (χ0) is 13.9. The van der Waals surface area contributed by atoms with Gasteiger partial charge >= 0.3 is 0 Å². The maximum absolute atomic E-state index is 6.07. The van der Waals surface area contributed by atoms with Gasteiger partial charge in [0.05, 0.1) is 12.3 Å². The Morgan fingerprint density at radius 2 is 2.26 bits per heavy atom. The number of rotatable bonds is 6. The SMILES string of the molecule is CCCc1nnsc1-c1nc(C(C)(N)COC)no1. The fourth-order valence-electron chi connectivity index (χ4n) is 1.68. The van der Waals surface area contributed by atoms with E-state index < -0.39 is 5.54 Å². The number of methoxy groups -OCH3 is 1. The van der Waals surface area contributed by atoms with Crippen LogP contribution in [0.1, 0.15) is 31.8 Å². The van der Waals surface area contributed by atoms with Crippen LogP contribution in [0.4, 0.5) is 0 Å². The molecular formula is C11H17N5O2S. The molecule has 2 N–H and O–H groups in total. The van der Waals surface area contributed by atoms with Crippen LogP contribution in [0.3, 0.4) is 0 Å². The van der Waals surface area contributed by atoms with Crippen molar-refractivity contribution in [3.8, 4) is 10.8 Å². The summed E-state index contributed by atoms with van der Waals surface area (Å²) in [7, 11) is 1.58. The zero-order valence-corrected chi connectivity index (χ0v) is 12.0. The minimum Gasteiger partial charge on any atom is -0.382 e. The molecule has 1 atom stereocenters. The number of ether oxygens (including phenoxy) is 1. The predicted octanol–water partition coefficient (Wildman–Crippen LogP) is 1.36. The Morgan fingerprint density at radius 3 is 2.95 bits per heavy atom. The second kappa shape index (κ2) is 5.72. The standard InChI is InChI=1S/C11H17N5O2S/c1-4-5-7-8(19-16-14-7)9-13-10(15-18-9)11(2,12)6-17-3/h4-6,12H2,1-3H3. The molecule has 2 rings (SSSR count). The molecule has 0 aliphatic heterocycles. The van der Waals surface area contributed by atoms with Crippen molar-refractivity contribution in [2.45, 2.75) is 32.2 Å². The lowest BCUT2D eigenvalue weighted by atomic mass is 10.1. The topological polar surface area (TPSA) is 100.0 Å². The Balaban J connectivity index is 2.28. The van der Waals surface area contributed by atoms with Crippen molar-refractivity contribution in [3.05, 3.63) is 11.5 Å². The Kier molecular flexibility index (Phi) is 4.23. The molecule has 0 saturated carbocycles. The minimum atomic E-state index is -0.778. The third-order valence-corrected chi connectivity index (χ3v) is 3.37. The maximum Gasteiger partial charge on any atom is 0.271 e. The van der Waals surface area contributed by atoms with Crippen molar-refractivity contribution in [3.63, 3.8) is 0 Å². The largest absolute Gasteiger partial charge is 0.382 e. The number of aryl methyl sites for hydroxylation is 1. The average Bonchev–Trinajstić information content (AvgIpc) is 2.96. The molecule has 19 heavy (non-hydrogen) atoms.